The summed E-state index contributed by atoms with van der Waals surface area (Å²) >= 11 is 0. The molecule has 0 unspecified atom stereocenters. The quantitative estimate of drug-likeness (QED) is 0.767. The molecule has 3 rings (SSSR count). The van der Waals surface area contributed by atoms with Crippen LogP contribution >= 0.6 is 0 Å². The van der Waals surface area contributed by atoms with Gasteiger partial charge in [-0.1, -0.05) is 0 Å². The largest absolute Gasteiger partial charge is 0.355 e. The summed E-state index contributed by atoms with van der Waals surface area (Å²) < 4.78 is 0. The number of anilines is 1. The van der Waals surface area contributed by atoms with Crippen LogP contribution in [0, 0.1) is 5.92 Å². The summed E-state index contributed by atoms with van der Waals surface area (Å²) in [6.45, 7) is 1.06. The van der Waals surface area contributed by atoms with Gasteiger partial charge in [0.2, 0.25) is 5.91 Å². The van der Waals surface area contributed by atoms with Crippen molar-refractivity contribution in [2.75, 3.05) is 25.5 Å². The van der Waals surface area contributed by atoms with Crippen LogP contribution in [0.1, 0.15) is 23.2 Å². The van der Waals surface area contributed by atoms with Gasteiger partial charge >= 0.3 is 6.03 Å². The summed E-state index contributed by atoms with van der Waals surface area (Å²) in [5, 5.41) is 8.27. The van der Waals surface area contributed by atoms with E-state index >= 15 is 0 Å². The third-order valence-electron chi connectivity index (χ3n) is 4.09. The van der Waals surface area contributed by atoms with Crippen LogP contribution in [0.2, 0.25) is 0 Å². The van der Waals surface area contributed by atoms with Crippen molar-refractivity contribution in [2.45, 2.75) is 18.9 Å². The molecule has 1 heterocycles. The fraction of sp³-hybridized carbons (Fsp3) is 0.438. The molecule has 2 aliphatic rings. The summed E-state index contributed by atoms with van der Waals surface area (Å²) in [6.07, 6.45) is 1.96. The Morgan fingerprint density at radius 1 is 1.09 bits per heavy atom. The zero-order valence-electron chi connectivity index (χ0n) is 13.0. The van der Waals surface area contributed by atoms with Crippen LogP contribution in [0.3, 0.4) is 0 Å². The van der Waals surface area contributed by atoms with Gasteiger partial charge in [0.05, 0.1) is 6.04 Å². The smallest absolute Gasteiger partial charge is 0.321 e. The van der Waals surface area contributed by atoms with Crippen molar-refractivity contribution in [1.82, 2.24) is 15.5 Å². The number of nitrogens with one attached hydrogen (secondary N) is 3. The van der Waals surface area contributed by atoms with Crippen LogP contribution in [-0.2, 0) is 4.79 Å². The van der Waals surface area contributed by atoms with E-state index in [2.05, 4.69) is 16.0 Å². The molecule has 0 atom stereocenters. The Labute approximate surface area is 134 Å². The number of carbonyl (C=O) groups is 3. The van der Waals surface area contributed by atoms with Crippen molar-refractivity contribution in [3.8, 4) is 0 Å². The van der Waals surface area contributed by atoms with Gasteiger partial charge < -0.3 is 20.9 Å². The molecular formula is C16H20N4O3. The first-order valence-electron chi connectivity index (χ1n) is 7.75. The molecule has 1 aromatic carbocycles. The normalized spacial score (nSPS) is 17.2. The van der Waals surface area contributed by atoms with E-state index < -0.39 is 0 Å². The molecule has 122 valence electrons. The Morgan fingerprint density at radius 3 is 2.30 bits per heavy atom. The Kier molecular flexibility index (Phi) is 4.18. The summed E-state index contributed by atoms with van der Waals surface area (Å²) in [7, 11) is 1.57. The number of rotatable bonds is 4. The SMILES string of the molecule is CNC(=O)c1ccc(NC(=O)N2CC(NC(=O)C3CC3)C2)cc1. The monoisotopic (exact) mass is 316 g/mol. The highest BCUT2D eigenvalue weighted by Crippen LogP contribution is 2.29. The lowest BCUT2D eigenvalue weighted by Crippen LogP contribution is -2.62. The van der Waals surface area contributed by atoms with Crippen LogP contribution in [0.4, 0.5) is 10.5 Å². The van der Waals surface area contributed by atoms with Crippen LogP contribution in [0.5, 0.6) is 0 Å². The molecule has 0 bridgehead atoms. The highest BCUT2D eigenvalue weighted by molar-refractivity contribution is 5.95. The lowest BCUT2D eigenvalue weighted by Gasteiger charge is -2.39. The van der Waals surface area contributed by atoms with Gasteiger partial charge in [-0.3, -0.25) is 9.59 Å². The molecule has 3 N–H and O–H groups in total. The molecule has 0 radical (unpaired) electrons. The lowest BCUT2D eigenvalue weighted by atomic mass is 10.1. The number of hydrogen-bond acceptors (Lipinski definition) is 3. The fourth-order valence-electron chi connectivity index (χ4n) is 2.45. The van der Waals surface area contributed by atoms with Crippen LogP contribution in [0.15, 0.2) is 24.3 Å². The van der Waals surface area contributed by atoms with Gasteiger partial charge in [0.1, 0.15) is 0 Å². The van der Waals surface area contributed by atoms with E-state index in [1.807, 2.05) is 0 Å². The zero-order valence-corrected chi connectivity index (χ0v) is 13.0. The molecule has 1 saturated carbocycles. The lowest BCUT2D eigenvalue weighted by molar-refractivity contribution is -0.123. The molecule has 0 spiro atoms. The molecular weight excluding hydrogens is 296 g/mol. The van der Waals surface area contributed by atoms with Gasteiger partial charge in [0, 0.05) is 37.3 Å². The first-order chi connectivity index (χ1) is 11.1. The molecule has 1 saturated heterocycles. The predicted molar refractivity (Wildman–Crippen MR) is 85.1 cm³/mol. The van der Waals surface area contributed by atoms with Gasteiger partial charge in [-0.05, 0) is 37.1 Å². The van der Waals surface area contributed by atoms with Crippen molar-refractivity contribution in [2.24, 2.45) is 5.92 Å². The third-order valence-corrected chi connectivity index (χ3v) is 4.09. The van der Waals surface area contributed by atoms with Gasteiger partial charge in [-0.25, -0.2) is 4.79 Å². The van der Waals surface area contributed by atoms with E-state index in [-0.39, 0.29) is 29.8 Å². The van der Waals surface area contributed by atoms with Gasteiger partial charge in [0.15, 0.2) is 0 Å². The number of urea groups is 1. The van der Waals surface area contributed by atoms with Gasteiger partial charge in [-0.15, -0.1) is 0 Å². The average Bonchev–Trinajstić information content (AvgIpc) is 3.34. The van der Waals surface area contributed by atoms with Gasteiger partial charge in [0.25, 0.3) is 5.91 Å². The fourth-order valence-corrected chi connectivity index (χ4v) is 2.45. The van der Waals surface area contributed by atoms with E-state index in [9.17, 15) is 14.4 Å². The minimum absolute atomic E-state index is 0.0597. The first-order valence-corrected chi connectivity index (χ1v) is 7.75. The number of carbonyl (C=O) groups excluding carboxylic acids is 3. The Hall–Kier alpha value is -2.57. The standard InChI is InChI=1S/C16H20N4O3/c1-17-14(21)10-4-6-12(7-5-10)19-16(23)20-8-13(9-20)18-15(22)11-2-3-11/h4-7,11,13H,2-3,8-9H2,1H3,(H,17,21)(H,18,22)(H,19,23). The van der Waals surface area contributed by atoms with Crippen molar-refractivity contribution in [3.05, 3.63) is 29.8 Å². The Morgan fingerprint density at radius 2 is 1.74 bits per heavy atom. The maximum Gasteiger partial charge on any atom is 0.321 e. The number of likely N-dealkylation sites (tertiary alicyclic amines) is 1. The topological polar surface area (TPSA) is 90.5 Å². The van der Waals surface area contributed by atoms with Crippen molar-refractivity contribution < 1.29 is 14.4 Å². The maximum absolute atomic E-state index is 12.1. The number of benzene rings is 1. The van der Waals surface area contributed by atoms with E-state index in [0.29, 0.717) is 24.3 Å². The minimum Gasteiger partial charge on any atom is -0.355 e. The molecule has 4 amide bonds. The molecule has 23 heavy (non-hydrogen) atoms. The maximum atomic E-state index is 12.1. The van der Waals surface area contributed by atoms with E-state index in [0.717, 1.165) is 12.8 Å². The Bertz CT molecular complexity index is 619. The summed E-state index contributed by atoms with van der Waals surface area (Å²) in [4.78, 5) is 36.8. The highest BCUT2D eigenvalue weighted by Gasteiger charge is 2.36. The van der Waals surface area contributed by atoms with Crippen LogP contribution in [0.25, 0.3) is 0 Å². The predicted octanol–water partition coefficient (Wildman–Crippen LogP) is 0.788. The molecule has 1 aliphatic heterocycles. The van der Waals surface area contributed by atoms with Gasteiger partial charge in [-0.2, -0.15) is 0 Å². The molecule has 7 nitrogen and oxygen atoms in total. The zero-order chi connectivity index (χ0) is 16.4. The van der Waals surface area contributed by atoms with Crippen LogP contribution in [-0.4, -0.2) is 48.9 Å². The number of amides is 4. The van der Waals surface area contributed by atoms with Crippen molar-refractivity contribution in [1.29, 1.82) is 0 Å². The molecule has 1 aromatic rings. The Balaban J connectivity index is 1.44. The highest BCUT2D eigenvalue weighted by atomic mass is 16.2. The summed E-state index contributed by atoms with van der Waals surface area (Å²) in [5.74, 6) is 0.136. The van der Waals surface area contributed by atoms with E-state index in [1.54, 1.807) is 36.2 Å². The number of nitrogens with zero attached hydrogens (tertiary/aromatic N) is 1. The molecule has 0 aromatic heterocycles. The van der Waals surface area contributed by atoms with E-state index in [1.165, 1.54) is 0 Å². The van der Waals surface area contributed by atoms with Crippen molar-refractivity contribution >= 4 is 23.5 Å². The first kappa shape index (κ1) is 15.3. The summed E-state index contributed by atoms with van der Waals surface area (Å²) in [6, 6.07) is 6.55. The molecule has 1 aliphatic carbocycles. The number of hydrogen-bond donors (Lipinski definition) is 3. The third kappa shape index (κ3) is 3.61. The van der Waals surface area contributed by atoms with E-state index in [4.69, 9.17) is 0 Å². The second kappa shape index (κ2) is 6.28. The van der Waals surface area contributed by atoms with Crippen molar-refractivity contribution in [3.63, 3.8) is 0 Å². The summed E-state index contributed by atoms with van der Waals surface area (Å²) in [5.41, 5.74) is 1.17. The average molecular weight is 316 g/mol. The second-order valence-corrected chi connectivity index (χ2v) is 5.97. The minimum atomic E-state index is -0.199. The second-order valence-electron chi connectivity index (χ2n) is 5.97. The molecule has 7 heteroatoms. The van der Waals surface area contributed by atoms with Crippen LogP contribution < -0.4 is 16.0 Å². The molecule has 2 fully saturated rings.